The average Bonchev–Trinajstić information content (AvgIpc) is 3.05. The number of nitrogens with one attached hydrogen (secondary N) is 3. The summed E-state index contributed by atoms with van der Waals surface area (Å²) in [5.74, 6) is 0.452. The van der Waals surface area contributed by atoms with Gasteiger partial charge in [0.05, 0.1) is 18.8 Å². The number of halogens is 1. The van der Waals surface area contributed by atoms with E-state index in [9.17, 15) is 9.59 Å². The molecule has 1 aliphatic rings. The van der Waals surface area contributed by atoms with Crippen LogP contribution in [0.1, 0.15) is 31.5 Å². The molecule has 0 saturated carbocycles. The monoisotopic (exact) mass is 542 g/mol. The number of rotatable bonds is 5. The Morgan fingerprint density at radius 2 is 1.93 bits per heavy atom. The van der Waals surface area contributed by atoms with E-state index in [1.807, 2.05) is 19.1 Å². The van der Waals surface area contributed by atoms with Gasteiger partial charge in [-0.05, 0) is 31.5 Å². The maximum absolute atomic E-state index is 12.5. The number of aryl methyl sites for hydroxylation is 2. The molecule has 0 spiro atoms. The molecule has 0 radical (unpaired) electrons. The summed E-state index contributed by atoms with van der Waals surface area (Å²) in [5.41, 5.74) is 2.68. The van der Waals surface area contributed by atoms with Crippen LogP contribution in [-0.4, -0.2) is 54.3 Å². The van der Waals surface area contributed by atoms with E-state index < -0.39 is 0 Å². The largest absolute Gasteiger partial charge is 0.353 e. The average molecular weight is 542 g/mol. The van der Waals surface area contributed by atoms with E-state index in [1.54, 1.807) is 35.4 Å². The Morgan fingerprint density at radius 1 is 1.23 bits per heavy atom. The number of nitrogens with zero attached hydrogens (tertiary/aromatic N) is 3. The molecule has 0 bridgehead atoms. The van der Waals surface area contributed by atoms with Crippen LogP contribution < -0.4 is 16.0 Å². The van der Waals surface area contributed by atoms with Gasteiger partial charge in [-0.25, -0.2) is 4.98 Å². The minimum Gasteiger partial charge on any atom is -0.353 e. The Kier molecular flexibility index (Phi) is 9.03. The summed E-state index contributed by atoms with van der Waals surface area (Å²) in [6, 6.07) is 7.41. The van der Waals surface area contributed by atoms with E-state index in [0.717, 1.165) is 16.3 Å². The number of amides is 2. The standard InChI is InChI=1S/C20H26N6O2S.HI/c1-13-14(2)29-18(25-13)11-24-20(21-3)23-10-15-4-6-16(7-5-15)19(28)26-9-8-22-17(27)12-26;/h4-7H,8-12H2,1-3H3,(H,22,27)(H2,21,23,24);1H. The number of benzene rings is 1. The third-order valence-electron chi connectivity index (χ3n) is 4.69. The van der Waals surface area contributed by atoms with Crippen molar-refractivity contribution in [1.29, 1.82) is 0 Å². The fraction of sp³-hybridized carbons (Fsp3) is 0.400. The first-order valence-corrected chi connectivity index (χ1v) is 10.3. The normalized spacial score (nSPS) is 14.0. The Labute approximate surface area is 197 Å². The van der Waals surface area contributed by atoms with Crippen LogP contribution in [0, 0.1) is 13.8 Å². The molecular formula is C20H27IN6O2S. The zero-order valence-electron chi connectivity index (χ0n) is 17.3. The second kappa shape index (κ2) is 11.3. The van der Waals surface area contributed by atoms with Gasteiger partial charge in [0, 0.05) is 37.1 Å². The molecule has 1 aliphatic heterocycles. The van der Waals surface area contributed by atoms with Gasteiger partial charge >= 0.3 is 0 Å². The second-order valence-electron chi connectivity index (χ2n) is 6.80. The van der Waals surface area contributed by atoms with Crippen molar-refractivity contribution < 1.29 is 9.59 Å². The molecule has 2 amide bonds. The van der Waals surface area contributed by atoms with Crippen molar-refractivity contribution in [3.8, 4) is 0 Å². The van der Waals surface area contributed by atoms with Crippen LogP contribution in [0.4, 0.5) is 0 Å². The molecule has 1 aromatic heterocycles. The van der Waals surface area contributed by atoms with Crippen molar-refractivity contribution in [2.45, 2.75) is 26.9 Å². The molecule has 30 heavy (non-hydrogen) atoms. The summed E-state index contributed by atoms with van der Waals surface area (Å²) in [6.45, 7) is 6.43. The Bertz CT molecular complexity index is 893. The lowest BCUT2D eigenvalue weighted by molar-refractivity contribution is -0.123. The summed E-state index contributed by atoms with van der Waals surface area (Å²) < 4.78 is 0. The molecule has 162 valence electrons. The minimum atomic E-state index is -0.120. The topological polar surface area (TPSA) is 98.7 Å². The number of guanidine groups is 1. The van der Waals surface area contributed by atoms with Gasteiger partial charge in [-0.15, -0.1) is 35.3 Å². The van der Waals surface area contributed by atoms with Gasteiger partial charge in [-0.1, -0.05) is 12.1 Å². The molecule has 2 aromatic rings. The highest BCUT2D eigenvalue weighted by Crippen LogP contribution is 2.16. The zero-order chi connectivity index (χ0) is 20.8. The fourth-order valence-electron chi connectivity index (χ4n) is 2.94. The second-order valence-corrected chi connectivity index (χ2v) is 8.09. The first-order chi connectivity index (χ1) is 14.0. The van der Waals surface area contributed by atoms with E-state index >= 15 is 0 Å². The van der Waals surface area contributed by atoms with E-state index in [1.165, 1.54) is 4.88 Å². The molecule has 1 fully saturated rings. The van der Waals surface area contributed by atoms with Crippen molar-refractivity contribution in [1.82, 2.24) is 25.8 Å². The van der Waals surface area contributed by atoms with Crippen LogP contribution in [0.2, 0.25) is 0 Å². The van der Waals surface area contributed by atoms with E-state index in [0.29, 0.717) is 37.7 Å². The molecule has 0 atom stereocenters. The van der Waals surface area contributed by atoms with Crippen molar-refractivity contribution in [2.24, 2.45) is 4.99 Å². The summed E-state index contributed by atoms with van der Waals surface area (Å²) >= 11 is 1.68. The number of hydrogen-bond acceptors (Lipinski definition) is 5. The predicted molar refractivity (Wildman–Crippen MR) is 129 cm³/mol. The van der Waals surface area contributed by atoms with Gasteiger partial charge in [0.25, 0.3) is 5.91 Å². The molecule has 3 N–H and O–H groups in total. The number of thiazole rings is 1. The number of aromatic nitrogens is 1. The Balaban J connectivity index is 0.00000320. The van der Waals surface area contributed by atoms with Gasteiger partial charge in [0.15, 0.2) is 5.96 Å². The number of carbonyl (C=O) groups is 2. The fourth-order valence-corrected chi connectivity index (χ4v) is 3.81. The first-order valence-electron chi connectivity index (χ1n) is 9.48. The summed E-state index contributed by atoms with van der Waals surface area (Å²) in [5, 5.41) is 10.3. The van der Waals surface area contributed by atoms with Crippen LogP contribution in [0.25, 0.3) is 0 Å². The van der Waals surface area contributed by atoms with Crippen molar-refractivity contribution in [3.05, 3.63) is 51.0 Å². The van der Waals surface area contributed by atoms with Crippen LogP contribution in [0.3, 0.4) is 0 Å². The molecular weight excluding hydrogens is 515 g/mol. The van der Waals surface area contributed by atoms with E-state index in [4.69, 9.17) is 0 Å². The lowest BCUT2D eigenvalue weighted by atomic mass is 10.1. The van der Waals surface area contributed by atoms with Crippen molar-refractivity contribution in [2.75, 3.05) is 26.7 Å². The lowest BCUT2D eigenvalue weighted by Crippen LogP contribution is -2.49. The van der Waals surface area contributed by atoms with Gasteiger partial charge < -0.3 is 20.9 Å². The maximum Gasteiger partial charge on any atom is 0.254 e. The number of hydrogen-bond donors (Lipinski definition) is 3. The van der Waals surface area contributed by atoms with E-state index in [2.05, 4.69) is 32.9 Å². The number of piperazine rings is 1. The first kappa shape index (κ1) is 24.1. The van der Waals surface area contributed by atoms with E-state index in [-0.39, 0.29) is 42.3 Å². The zero-order valence-corrected chi connectivity index (χ0v) is 20.5. The molecule has 0 aliphatic carbocycles. The Morgan fingerprint density at radius 3 is 2.53 bits per heavy atom. The molecule has 0 unspecified atom stereocenters. The third kappa shape index (κ3) is 6.39. The van der Waals surface area contributed by atoms with Gasteiger partial charge in [-0.2, -0.15) is 0 Å². The minimum absolute atomic E-state index is 0. The highest BCUT2D eigenvalue weighted by atomic mass is 127. The molecule has 1 saturated heterocycles. The van der Waals surface area contributed by atoms with Gasteiger partial charge in [0.1, 0.15) is 5.01 Å². The SMILES string of the molecule is CN=C(NCc1ccc(C(=O)N2CCNC(=O)C2)cc1)NCc1nc(C)c(C)s1.I. The Hall–Kier alpha value is -2.21. The predicted octanol–water partition coefficient (Wildman–Crippen LogP) is 1.82. The quantitative estimate of drug-likeness (QED) is 0.304. The summed E-state index contributed by atoms with van der Waals surface area (Å²) in [7, 11) is 1.73. The van der Waals surface area contributed by atoms with Crippen LogP contribution >= 0.6 is 35.3 Å². The highest BCUT2D eigenvalue weighted by molar-refractivity contribution is 14.0. The molecule has 1 aromatic carbocycles. The third-order valence-corrected chi connectivity index (χ3v) is 5.76. The lowest BCUT2D eigenvalue weighted by Gasteiger charge is -2.26. The van der Waals surface area contributed by atoms with Crippen LogP contribution in [0.15, 0.2) is 29.3 Å². The molecule has 10 heteroatoms. The van der Waals surface area contributed by atoms with Crippen molar-refractivity contribution >= 4 is 53.1 Å². The van der Waals surface area contributed by atoms with Gasteiger partial charge in [0.2, 0.25) is 5.91 Å². The molecule has 3 rings (SSSR count). The van der Waals surface area contributed by atoms with Crippen LogP contribution in [0.5, 0.6) is 0 Å². The van der Waals surface area contributed by atoms with Crippen molar-refractivity contribution in [3.63, 3.8) is 0 Å². The summed E-state index contributed by atoms with van der Waals surface area (Å²) in [4.78, 5) is 35.5. The molecule has 8 nitrogen and oxygen atoms in total. The summed E-state index contributed by atoms with van der Waals surface area (Å²) in [6.07, 6.45) is 0. The molecule has 2 heterocycles. The maximum atomic E-state index is 12.5. The highest BCUT2D eigenvalue weighted by Gasteiger charge is 2.22. The van der Waals surface area contributed by atoms with Gasteiger partial charge in [-0.3, -0.25) is 14.6 Å². The van der Waals surface area contributed by atoms with Crippen LogP contribution in [-0.2, 0) is 17.9 Å². The smallest absolute Gasteiger partial charge is 0.254 e. The number of carbonyl (C=O) groups excluding carboxylic acids is 2. The number of aliphatic imine (C=N–C) groups is 1.